The summed E-state index contributed by atoms with van der Waals surface area (Å²) in [6.45, 7) is 5.23. The molecule has 0 aliphatic carbocycles. The number of carbonyl (C=O) groups is 1. The highest BCUT2D eigenvalue weighted by atomic mass is 35.5. The van der Waals surface area contributed by atoms with Gasteiger partial charge in [-0.05, 0) is 32.4 Å². The van der Waals surface area contributed by atoms with Crippen LogP contribution in [0.1, 0.15) is 20.8 Å². The number of hydrogen-bond donors (Lipinski definition) is 1. The van der Waals surface area contributed by atoms with Crippen LogP contribution in [-0.2, 0) is 4.74 Å². The average Bonchev–Trinajstić information content (AvgIpc) is 2.05. The number of halogens is 1. The highest BCUT2D eigenvalue weighted by Gasteiger charge is 2.17. The van der Waals surface area contributed by atoms with Gasteiger partial charge in [-0.25, -0.2) is 4.79 Å². The van der Waals surface area contributed by atoms with E-state index in [0.29, 0.717) is 0 Å². The Morgan fingerprint density at radius 2 is 1.80 bits per heavy atom. The number of nitrogens with one attached hydrogen (secondary N) is 1. The molecule has 1 N–H and O–H groups in total. The first-order chi connectivity index (χ1) is 6.87. The number of hydrogen-bond acceptors (Lipinski definition) is 6. The second kappa shape index (κ2) is 4.35. The van der Waals surface area contributed by atoms with Gasteiger partial charge in [0.25, 0.3) is 11.2 Å². The topological polar surface area (TPSA) is 89.9 Å². The van der Waals surface area contributed by atoms with Crippen LogP contribution in [0.25, 0.3) is 0 Å². The number of nitrogens with zero attached hydrogens (tertiary/aromatic N) is 4. The lowest BCUT2D eigenvalue weighted by molar-refractivity contribution is 0.0634. The summed E-state index contributed by atoms with van der Waals surface area (Å²) in [6, 6.07) is 0. The molecule has 1 rings (SSSR count). The van der Waals surface area contributed by atoms with Crippen LogP contribution < -0.4 is 5.32 Å². The summed E-state index contributed by atoms with van der Waals surface area (Å²) in [5, 5.41) is 15.9. The van der Waals surface area contributed by atoms with Crippen molar-refractivity contribution in [1.29, 1.82) is 0 Å². The van der Waals surface area contributed by atoms with Crippen LogP contribution in [0.5, 0.6) is 0 Å². The van der Waals surface area contributed by atoms with E-state index in [1.165, 1.54) is 0 Å². The van der Waals surface area contributed by atoms with E-state index in [4.69, 9.17) is 16.3 Å². The summed E-state index contributed by atoms with van der Waals surface area (Å²) in [5.41, 5.74) is -0.586. The van der Waals surface area contributed by atoms with Gasteiger partial charge in [-0.3, -0.25) is 5.32 Å². The van der Waals surface area contributed by atoms with E-state index in [-0.39, 0.29) is 11.2 Å². The molecule has 15 heavy (non-hydrogen) atoms. The third-order valence-electron chi connectivity index (χ3n) is 1.07. The molecule has 0 aliphatic heterocycles. The van der Waals surface area contributed by atoms with Crippen molar-refractivity contribution in [2.45, 2.75) is 26.4 Å². The van der Waals surface area contributed by atoms with Crippen LogP contribution in [0.2, 0.25) is 5.28 Å². The van der Waals surface area contributed by atoms with Gasteiger partial charge in [0.2, 0.25) is 0 Å². The zero-order valence-electron chi connectivity index (χ0n) is 8.48. The molecule has 7 nitrogen and oxygen atoms in total. The number of aromatic nitrogens is 4. The van der Waals surface area contributed by atoms with Gasteiger partial charge in [0, 0.05) is 0 Å². The highest BCUT2D eigenvalue weighted by molar-refractivity contribution is 6.28. The maximum atomic E-state index is 11.2. The summed E-state index contributed by atoms with van der Waals surface area (Å²) in [7, 11) is 0. The second-order valence-electron chi connectivity index (χ2n) is 3.62. The van der Waals surface area contributed by atoms with Crippen molar-refractivity contribution in [2.75, 3.05) is 5.32 Å². The first-order valence-electron chi connectivity index (χ1n) is 4.10. The molecule has 0 radical (unpaired) electrons. The summed E-state index contributed by atoms with van der Waals surface area (Å²) in [5.74, 6) is -0.0614. The molecule has 1 heterocycles. The standard InChI is InChI=1S/C7H10ClN5O2/c1-7(2,3)15-6(14)9-5-12-10-4(8)11-13-5/h1-3H3,(H,9,12,13,14). The fraction of sp³-hybridized carbons (Fsp3) is 0.571. The van der Waals surface area contributed by atoms with E-state index in [9.17, 15) is 4.79 Å². The third kappa shape index (κ3) is 4.50. The Labute approximate surface area is 91.2 Å². The van der Waals surface area contributed by atoms with Crippen molar-refractivity contribution in [3.8, 4) is 0 Å². The Hall–Kier alpha value is -1.50. The van der Waals surface area contributed by atoms with Crippen molar-refractivity contribution in [1.82, 2.24) is 20.4 Å². The highest BCUT2D eigenvalue weighted by Crippen LogP contribution is 2.08. The molecule has 0 bridgehead atoms. The van der Waals surface area contributed by atoms with E-state index >= 15 is 0 Å². The lowest BCUT2D eigenvalue weighted by atomic mass is 10.2. The largest absolute Gasteiger partial charge is 0.444 e. The van der Waals surface area contributed by atoms with Crippen LogP contribution >= 0.6 is 11.6 Å². The third-order valence-corrected chi connectivity index (χ3v) is 1.22. The Balaban J connectivity index is 2.55. The van der Waals surface area contributed by atoms with Crippen molar-refractivity contribution < 1.29 is 9.53 Å². The van der Waals surface area contributed by atoms with Crippen LogP contribution in [-0.4, -0.2) is 32.1 Å². The Bertz CT molecular complexity index is 347. The lowest BCUT2D eigenvalue weighted by Crippen LogP contribution is -2.28. The Morgan fingerprint density at radius 3 is 2.27 bits per heavy atom. The van der Waals surface area contributed by atoms with Crippen LogP contribution in [0.4, 0.5) is 10.7 Å². The SMILES string of the molecule is CC(C)(C)OC(=O)Nc1nnc(Cl)nn1. The number of carbonyl (C=O) groups excluding carboxylic acids is 1. The molecule has 1 amide bonds. The van der Waals surface area contributed by atoms with Gasteiger partial charge in [-0.2, -0.15) is 0 Å². The smallest absolute Gasteiger partial charge is 0.414 e. The van der Waals surface area contributed by atoms with Gasteiger partial charge in [0.05, 0.1) is 0 Å². The minimum Gasteiger partial charge on any atom is -0.444 e. The minimum atomic E-state index is -0.673. The molecule has 0 saturated carbocycles. The summed E-state index contributed by atoms with van der Waals surface area (Å²) in [6.07, 6.45) is -0.673. The van der Waals surface area contributed by atoms with Gasteiger partial charge in [-0.15, -0.1) is 20.4 Å². The molecule has 0 fully saturated rings. The zero-order chi connectivity index (χ0) is 11.5. The molecule has 0 spiro atoms. The maximum Gasteiger partial charge on any atom is 0.414 e. The van der Waals surface area contributed by atoms with Crippen LogP contribution in [0.15, 0.2) is 0 Å². The molecule has 8 heteroatoms. The Kier molecular flexibility index (Phi) is 3.35. The molecular formula is C7H10ClN5O2. The number of anilines is 1. The molecule has 1 aromatic rings. The number of ether oxygens (including phenoxy) is 1. The molecular weight excluding hydrogens is 222 g/mol. The summed E-state index contributed by atoms with van der Waals surface area (Å²) in [4.78, 5) is 11.2. The van der Waals surface area contributed by atoms with Gasteiger partial charge in [-0.1, -0.05) is 0 Å². The van der Waals surface area contributed by atoms with Crippen molar-refractivity contribution in [2.24, 2.45) is 0 Å². The molecule has 0 saturated heterocycles. The quantitative estimate of drug-likeness (QED) is 0.783. The number of rotatable bonds is 1. The molecule has 1 aromatic heterocycles. The molecule has 0 aromatic carbocycles. The van der Waals surface area contributed by atoms with E-state index in [2.05, 4.69) is 25.7 Å². The second-order valence-corrected chi connectivity index (χ2v) is 3.96. The normalized spacial score (nSPS) is 10.9. The van der Waals surface area contributed by atoms with Gasteiger partial charge in [0.15, 0.2) is 0 Å². The van der Waals surface area contributed by atoms with Crippen molar-refractivity contribution >= 4 is 23.6 Å². The first-order valence-corrected chi connectivity index (χ1v) is 4.47. The van der Waals surface area contributed by atoms with E-state index in [0.717, 1.165) is 0 Å². The Morgan fingerprint density at radius 1 is 1.27 bits per heavy atom. The summed E-state index contributed by atoms with van der Waals surface area (Å²) >= 11 is 5.36. The van der Waals surface area contributed by atoms with E-state index in [1.807, 2.05) is 0 Å². The minimum absolute atomic E-state index is 0.0614. The van der Waals surface area contributed by atoms with Crippen LogP contribution in [0, 0.1) is 0 Å². The predicted octanol–water partition coefficient (Wildman–Crippen LogP) is 1.27. The molecule has 0 aliphatic rings. The monoisotopic (exact) mass is 231 g/mol. The first kappa shape index (κ1) is 11.6. The number of amides is 1. The van der Waals surface area contributed by atoms with E-state index < -0.39 is 11.7 Å². The van der Waals surface area contributed by atoms with Crippen molar-refractivity contribution in [3.63, 3.8) is 0 Å². The zero-order valence-corrected chi connectivity index (χ0v) is 9.24. The van der Waals surface area contributed by atoms with Gasteiger partial charge >= 0.3 is 6.09 Å². The molecule has 82 valence electrons. The fourth-order valence-corrected chi connectivity index (χ4v) is 0.738. The van der Waals surface area contributed by atoms with Crippen LogP contribution in [0.3, 0.4) is 0 Å². The molecule has 0 atom stereocenters. The fourth-order valence-electron chi connectivity index (χ4n) is 0.662. The van der Waals surface area contributed by atoms with E-state index in [1.54, 1.807) is 20.8 Å². The summed E-state index contributed by atoms with van der Waals surface area (Å²) < 4.78 is 4.95. The van der Waals surface area contributed by atoms with Crippen molar-refractivity contribution in [3.05, 3.63) is 5.28 Å². The average molecular weight is 232 g/mol. The van der Waals surface area contributed by atoms with Gasteiger partial charge in [0.1, 0.15) is 5.60 Å². The van der Waals surface area contributed by atoms with Gasteiger partial charge < -0.3 is 4.74 Å². The lowest BCUT2D eigenvalue weighted by Gasteiger charge is -2.18. The predicted molar refractivity (Wildman–Crippen MR) is 52.5 cm³/mol. The maximum absolute atomic E-state index is 11.2. The molecule has 0 unspecified atom stereocenters.